The summed E-state index contributed by atoms with van der Waals surface area (Å²) in [4.78, 5) is 19.1. The highest BCUT2D eigenvalue weighted by Gasteiger charge is 2.32. The Kier molecular flexibility index (Phi) is 8.40. The maximum Gasteiger partial charge on any atom is 0.225 e. The number of para-hydroxylation sites is 1. The van der Waals surface area contributed by atoms with Gasteiger partial charge in [-0.2, -0.15) is 0 Å². The van der Waals surface area contributed by atoms with Crippen molar-refractivity contribution in [3.8, 4) is 5.75 Å². The van der Waals surface area contributed by atoms with Crippen molar-refractivity contribution in [1.82, 2.24) is 15.5 Å². The van der Waals surface area contributed by atoms with Crippen molar-refractivity contribution in [3.05, 3.63) is 29.8 Å². The number of rotatable bonds is 8. The van der Waals surface area contributed by atoms with Gasteiger partial charge in [0, 0.05) is 44.2 Å². The topological polar surface area (TPSA) is 66.0 Å². The maximum atomic E-state index is 12.7. The van der Waals surface area contributed by atoms with E-state index in [1.807, 2.05) is 23.1 Å². The van der Waals surface area contributed by atoms with Crippen molar-refractivity contribution < 1.29 is 9.53 Å². The molecule has 0 aromatic heterocycles. The van der Waals surface area contributed by atoms with E-state index in [4.69, 9.17) is 4.74 Å². The quantitative estimate of drug-likeness (QED) is 0.504. The van der Waals surface area contributed by atoms with Gasteiger partial charge in [-0.15, -0.1) is 0 Å². The molecule has 2 aliphatic rings. The highest BCUT2D eigenvalue weighted by Crippen LogP contribution is 2.27. The van der Waals surface area contributed by atoms with Crippen LogP contribution in [0.15, 0.2) is 29.3 Å². The first-order valence-electron chi connectivity index (χ1n) is 11.5. The van der Waals surface area contributed by atoms with Crippen LogP contribution in [0.1, 0.15) is 57.9 Å². The summed E-state index contributed by atoms with van der Waals surface area (Å²) < 4.78 is 5.99. The molecule has 0 radical (unpaired) electrons. The fourth-order valence-corrected chi connectivity index (χ4v) is 4.27. The number of nitrogens with one attached hydrogen (secondary N) is 2. The molecule has 2 fully saturated rings. The van der Waals surface area contributed by atoms with Crippen LogP contribution in [0.5, 0.6) is 5.75 Å². The Bertz CT molecular complexity index is 713. The molecule has 1 aromatic rings. The standard InChI is InChI=1S/C24H38N4O2/c1-18(2)13-15-30-22-11-7-6-10-20(22)16-26-24(25-3)27-21-12-14-28(17-21)23(29)19-8-4-5-9-19/h6-7,10-11,18-19,21H,4-5,8-9,12-17H2,1-3H3,(H2,25,26,27). The predicted octanol–water partition coefficient (Wildman–Crippen LogP) is 3.57. The van der Waals surface area contributed by atoms with Gasteiger partial charge in [0.2, 0.25) is 5.91 Å². The lowest BCUT2D eigenvalue weighted by atomic mass is 10.1. The highest BCUT2D eigenvalue weighted by atomic mass is 16.5. The fraction of sp³-hybridized carbons (Fsp3) is 0.667. The molecule has 1 aliphatic carbocycles. The smallest absolute Gasteiger partial charge is 0.225 e. The molecule has 0 spiro atoms. The number of hydrogen-bond acceptors (Lipinski definition) is 3. The zero-order valence-electron chi connectivity index (χ0n) is 18.8. The summed E-state index contributed by atoms with van der Waals surface area (Å²) in [5.74, 6) is 2.94. The molecule has 1 unspecified atom stereocenters. The number of likely N-dealkylation sites (tertiary alicyclic amines) is 1. The number of carbonyl (C=O) groups is 1. The highest BCUT2D eigenvalue weighted by molar-refractivity contribution is 5.81. The molecule has 0 bridgehead atoms. The Morgan fingerprint density at radius 3 is 2.73 bits per heavy atom. The van der Waals surface area contributed by atoms with Crippen LogP contribution in [-0.4, -0.2) is 49.6 Å². The van der Waals surface area contributed by atoms with Crippen molar-refractivity contribution in [1.29, 1.82) is 0 Å². The van der Waals surface area contributed by atoms with Crippen LogP contribution in [0.3, 0.4) is 0 Å². The van der Waals surface area contributed by atoms with E-state index in [1.165, 1.54) is 12.8 Å². The zero-order chi connectivity index (χ0) is 21.3. The summed E-state index contributed by atoms with van der Waals surface area (Å²) in [6.07, 6.45) is 6.54. The molecule has 1 saturated carbocycles. The molecular weight excluding hydrogens is 376 g/mol. The van der Waals surface area contributed by atoms with Gasteiger partial charge in [0.1, 0.15) is 5.75 Å². The van der Waals surface area contributed by atoms with E-state index < -0.39 is 0 Å². The van der Waals surface area contributed by atoms with Crippen molar-refractivity contribution in [3.63, 3.8) is 0 Å². The number of ether oxygens (including phenoxy) is 1. The van der Waals surface area contributed by atoms with Gasteiger partial charge >= 0.3 is 0 Å². The third-order valence-corrected chi connectivity index (χ3v) is 6.14. The molecule has 1 atom stereocenters. The molecule has 2 N–H and O–H groups in total. The molecule has 1 aromatic carbocycles. The van der Waals surface area contributed by atoms with Crippen LogP contribution in [0.4, 0.5) is 0 Å². The summed E-state index contributed by atoms with van der Waals surface area (Å²) >= 11 is 0. The molecule has 1 heterocycles. The van der Waals surface area contributed by atoms with Gasteiger partial charge in [0.15, 0.2) is 5.96 Å². The minimum atomic E-state index is 0.249. The second-order valence-corrected chi connectivity index (χ2v) is 8.96. The van der Waals surface area contributed by atoms with Crippen LogP contribution in [0, 0.1) is 11.8 Å². The molecule has 6 heteroatoms. The zero-order valence-corrected chi connectivity index (χ0v) is 18.8. The third kappa shape index (κ3) is 6.38. The van der Waals surface area contributed by atoms with Crippen molar-refractivity contribution in [2.24, 2.45) is 16.8 Å². The number of nitrogens with zero attached hydrogens (tertiary/aromatic N) is 2. The maximum absolute atomic E-state index is 12.7. The largest absolute Gasteiger partial charge is 0.493 e. The summed E-state index contributed by atoms with van der Waals surface area (Å²) in [5, 5.41) is 6.90. The normalized spacial score (nSPS) is 20.1. The van der Waals surface area contributed by atoms with Crippen LogP contribution >= 0.6 is 0 Å². The van der Waals surface area contributed by atoms with Gasteiger partial charge < -0.3 is 20.3 Å². The van der Waals surface area contributed by atoms with Gasteiger partial charge in [-0.05, 0) is 37.7 Å². The lowest BCUT2D eigenvalue weighted by Crippen LogP contribution is -2.45. The number of aliphatic imine (C=N–C) groups is 1. The molecule has 1 aliphatic heterocycles. The lowest BCUT2D eigenvalue weighted by molar-refractivity contribution is -0.134. The summed E-state index contributed by atoms with van der Waals surface area (Å²) in [7, 11) is 1.79. The van der Waals surface area contributed by atoms with E-state index in [1.54, 1.807) is 7.05 Å². The van der Waals surface area contributed by atoms with Crippen LogP contribution in [-0.2, 0) is 11.3 Å². The van der Waals surface area contributed by atoms with Crippen molar-refractivity contribution >= 4 is 11.9 Å². The second-order valence-electron chi connectivity index (χ2n) is 8.96. The van der Waals surface area contributed by atoms with E-state index in [2.05, 4.69) is 35.5 Å². The van der Waals surface area contributed by atoms with Gasteiger partial charge in [-0.1, -0.05) is 44.9 Å². The Morgan fingerprint density at radius 2 is 2.00 bits per heavy atom. The molecule has 30 heavy (non-hydrogen) atoms. The Balaban J connectivity index is 1.47. The molecule has 1 saturated heterocycles. The number of amides is 1. The summed E-state index contributed by atoms with van der Waals surface area (Å²) in [6, 6.07) is 8.40. The van der Waals surface area contributed by atoms with E-state index in [0.29, 0.717) is 18.4 Å². The third-order valence-electron chi connectivity index (χ3n) is 6.14. The molecular formula is C24H38N4O2. The van der Waals surface area contributed by atoms with Gasteiger partial charge in [0.25, 0.3) is 0 Å². The Labute approximate surface area is 181 Å². The number of benzene rings is 1. The van der Waals surface area contributed by atoms with Gasteiger partial charge in [-0.3, -0.25) is 9.79 Å². The number of guanidine groups is 1. The Morgan fingerprint density at radius 1 is 1.23 bits per heavy atom. The van der Waals surface area contributed by atoms with E-state index >= 15 is 0 Å². The fourth-order valence-electron chi connectivity index (χ4n) is 4.27. The first-order valence-corrected chi connectivity index (χ1v) is 11.5. The molecule has 1 amide bonds. The van der Waals surface area contributed by atoms with Crippen LogP contribution in [0.2, 0.25) is 0 Å². The van der Waals surface area contributed by atoms with Gasteiger partial charge in [0.05, 0.1) is 6.61 Å². The molecule has 3 rings (SSSR count). The minimum Gasteiger partial charge on any atom is -0.493 e. The minimum absolute atomic E-state index is 0.249. The van der Waals surface area contributed by atoms with Crippen molar-refractivity contribution in [2.45, 2.75) is 65.0 Å². The summed E-state index contributed by atoms with van der Waals surface area (Å²) in [5.41, 5.74) is 1.12. The first kappa shape index (κ1) is 22.4. The van der Waals surface area contributed by atoms with E-state index in [0.717, 1.165) is 62.7 Å². The number of carbonyl (C=O) groups excluding carboxylic acids is 1. The van der Waals surface area contributed by atoms with Crippen LogP contribution in [0.25, 0.3) is 0 Å². The summed E-state index contributed by atoms with van der Waals surface area (Å²) in [6.45, 7) is 7.40. The van der Waals surface area contributed by atoms with E-state index in [9.17, 15) is 4.79 Å². The second kappa shape index (κ2) is 11.2. The monoisotopic (exact) mass is 414 g/mol. The predicted molar refractivity (Wildman–Crippen MR) is 122 cm³/mol. The average molecular weight is 415 g/mol. The molecule has 6 nitrogen and oxygen atoms in total. The average Bonchev–Trinajstić information content (AvgIpc) is 3.43. The lowest BCUT2D eigenvalue weighted by Gasteiger charge is -2.21. The van der Waals surface area contributed by atoms with Crippen LogP contribution < -0.4 is 15.4 Å². The molecule has 166 valence electrons. The van der Waals surface area contributed by atoms with Crippen molar-refractivity contribution in [2.75, 3.05) is 26.7 Å². The Hall–Kier alpha value is -2.24. The SMILES string of the molecule is CN=C(NCc1ccccc1OCCC(C)C)NC1CCN(C(=O)C2CCCC2)C1. The van der Waals surface area contributed by atoms with E-state index in [-0.39, 0.29) is 12.0 Å². The number of hydrogen-bond donors (Lipinski definition) is 2. The van der Waals surface area contributed by atoms with Gasteiger partial charge in [-0.25, -0.2) is 0 Å². The first-order chi connectivity index (χ1) is 14.6.